The van der Waals surface area contributed by atoms with E-state index in [2.05, 4.69) is 11.9 Å². The minimum atomic E-state index is -0.659. The van der Waals surface area contributed by atoms with Gasteiger partial charge >= 0.3 is 5.97 Å². The highest BCUT2D eigenvalue weighted by Crippen LogP contribution is 2.02. The van der Waals surface area contributed by atoms with Crippen LogP contribution in [-0.4, -0.2) is 24.5 Å². The minimum Gasteiger partial charge on any atom is -0.464 e. The molecule has 1 atom stereocenters. The van der Waals surface area contributed by atoms with E-state index < -0.39 is 12.0 Å². The Hall–Kier alpha value is -2.10. The van der Waals surface area contributed by atoms with Crippen molar-refractivity contribution in [3.63, 3.8) is 0 Å². The Morgan fingerprint density at radius 3 is 2.63 bits per heavy atom. The molecule has 4 nitrogen and oxygen atoms in total. The van der Waals surface area contributed by atoms with Crippen LogP contribution in [0, 0.1) is 0 Å². The molecule has 0 radical (unpaired) electrons. The van der Waals surface area contributed by atoms with Crippen molar-refractivity contribution in [1.29, 1.82) is 0 Å². The van der Waals surface area contributed by atoms with Gasteiger partial charge in [-0.3, -0.25) is 4.79 Å². The highest BCUT2D eigenvalue weighted by atomic mass is 16.5. The van der Waals surface area contributed by atoms with Crippen molar-refractivity contribution in [2.24, 2.45) is 0 Å². The standard InChI is InChI=1S/C15H19NO3/c1-3-8-13(15(18)19-4-2)16-14(17)11-12-9-6-5-7-10-12/h3,5-7,9-10,13H,1,4,8,11H2,2H3,(H,16,17)/t13-/m0/s1. The van der Waals surface area contributed by atoms with Crippen molar-refractivity contribution in [2.75, 3.05) is 6.61 Å². The Morgan fingerprint density at radius 1 is 1.37 bits per heavy atom. The Balaban J connectivity index is 2.56. The van der Waals surface area contributed by atoms with E-state index in [-0.39, 0.29) is 12.3 Å². The summed E-state index contributed by atoms with van der Waals surface area (Å²) in [6.45, 7) is 5.60. The topological polar surface area (TPSA) is 55.4 Å². The fraction of sp³-hybridized carbons (Fsp3) is 0.333. The summed E-state index contributed by atoms with van der Waals surface area (Å²) >= 11 is 0. The molecular formula is C15H19NO3. The maximum absolute atomic E-state index is 11.9. The third kappa shape index (κ3) is 5.38. The molecule has 1 rings (SSSR count). The zero-order chi connectivity index (χ0) is 14.1. The second-order valence-electron chi connectivity index (χ2n) is 4.06. The summed E-state index contributed by atoms with van der Waals surface area (Å²) < 4.78 is 4.91. The van der Waals surface area contributed by atoms with Gasteiger partial charge in [0.05, 0.1) is 13.0 Å². The minimum absolute atomic E-state index is 0.203. The molecule has 0 aliphatic carbocycles. The third-order valence-corrected chi connectivity index (χ3v) is 2.52. The van der Waals surface area contributed by atoms with Gasteiger partial charge < -0.3 is 10.1 Å². The van der Waals surface area contributed by atoms with Crippen LogP contribution in [0.1, 0.15) is 18.9 Å². The van der Waals surface area contributed by atoms with E-state index in [9.17, 15) is 9.59 Å². The van der Waals surface area contributed by atoms with E-state index in [1.807, 2.05) is 30.3 Å². The second-order valence-corrected chi connectivity index (χ2v) is 4.06. The van der Waals surface area contributed by atoms with Gasteiger partial charge in [0.25, 0.3) is 0 Å². The van der Waals surface area contributed by atoms with Crippen LogP contribution in [0.15, 0.2) is 43.0 Å². The Kier molecular flexibility index (Phi) is 6.36. The van der Waals surface area contributed by atoms with Gasteiger partial charge in [0.1, 0.15) is 6.04 Å². The predicted molar refractivity (Wildman–Crippen MR) is 73.5 cm³/mol. The Labute approximate surface area is 113 Å². The van der Waals surface area contributed by atoms with Gasteiger partial charge in [-0.05, 0) is 18.9 Å². The lowest BCUT2D eigenvalue weighted by Crippen LogP contribution is -2.42. The molecule has 0 bridgehead atoms. The Morgan fingerprint density at radius 2 is 2.05 bits per heavy atom. The molecule has 0 aromatic heterocycles. The summed E-state index contributed by atoms with van der Waals surface area (Å²) in [5.41, 5.74) is 0.904. The van der Waals surface area contributed by atoms with Crippen LogP contribution in [0.3, 0.4) is 0 Å². The third-order valence-electron chi connectivity index (χ3n) is 2.52. The maximum atomic E-state index is 11.9. The molecule has 0 fully saturated rings. The van der Waals surface area contributed by atoms with Crippen LogP contribution in [0.25, 0.3) is 0 Å². The number of amides is 1. The quantitative estimate of drug-likeness (QED) is 0.602. The van der Waals surface area contributed by atoms with Gasteiger partial charge in [0, 0.05) is 0 Å². The monoisotopic (exact) mass is 261 g/mol. The molecule has 0 saturated heterocycles. The van der Waals surface area contributed by atoms with Gasteiger partial charge in [0.2, 0.25) is 5.91 Å². The summed E-state index contributed by atoms with van der Waals surface area (Å²) in [6, 6.07) is 8.71. The number of carbonyl (C=O) groups is 2. The molecule has 19 heavy (non-hydrogen) atoms. The van der Waals surface area contributed by atoms with E-state index >= 15 is 0 Å². The van der Waals surface area contributed by atoms with Crippen LogP contribution in [0.5, 0.6) is 0 Å². The van der Waals surface area contributed by atoms with Crippen LogP contribution >= 0.6 is 0 Å². The fourth-order valence-electron chi connectivity index (χ4n) is 1.65. The first-order valence-electron chi connectivity index (χ1n) is 6.28. The van der Waals surface area contributed by atoms with Gasteiger partial charge in [-0.2, -0.15) is 0 Å². The SMILES string of the molecule is C=CC[C@H](NC(=O)Cc1ccccc1)C(=O)OCC. The molecular weight excluding hydrogens is 242 g/mol. The molecule has 0 unspecified atom stereocenters. The number of ether oxygens (including phenoxy) is 1. The summed E-state index contributed by atoms with van der Waals surface area (Å²) in [6.07, 6.45) is 2.19. The summed E-state index contributed by atoms with van der Waals surface area (Å²) in [5.74, 6) is -0.630. The van der Waals surface area contributed by atoms with Crippen molar-refractivity contribution in [3.8, 4) is 0 Å². The van der Waals surface area contributed by atoms with Crippen LogP contribution in [-0.2, 0) is 20.7 Å². The van der Waals surface area contributed by atoms with Crippen molar-refractivity contribution >= 4 is 11.9 Å². The lowest BCUT2D eigenvalue weighted by Gasteiger charge is -2.15. The zero-order valence-corrected chi connectivity index (χ0v) is 11.1. The van der Waals surface area contributed by atoms with Gasteiger partial charge in [-0.15, -0.1) is 6.58 Å². The number of benzene rings is 1. The van der Waals surface area contributed by atoms with Crippen molar-refractivity contribution in [3.05, 3.63) is 48.6 Å². The van der Waals surface area contributed by atoms with Gasteiger partial charge in [0.15, 0.2) is 0 Å². The van der Waals surface area contributed by atoms with Crippen molar-refractivity contribution < 1.29 is 14.3 Å². The first-order valence-corrected chi connectivity index (χ1v) is 6.28. The molecule has 0 spiro atoms. The Bertz CT molecular complexity index is 428. The number of hydrogen-bond donors (Lipinski definition) is 1. The van der Waals surface area contributed by atoms with E-state index in [0.29, 0.717) is 13.0 Å². The second kappa shape index (κ2) is 8.08. The molecule has 0 aliphatic heterocycles. The van der Waals surface area contributed by atoms with Crippen molar-refractivity contribution in [1.82, 2.24) is 5.32 Å². The van der Waals surface area contributed by atoms with Crippen LogP contribution in [0.4, 0.5) is 0 Å². The first kappa shape index (κ1) is 15.0. The fourth-order valence-corrected chi connectivity index (χ4v) is 1.65. The number of hydrogen-bond acceptors (Lipinski definition) is 3. The molecule has 1 amide bonds. The first-order chi connectivity index (χ1) is 9.17. The van der Waals surface area contributed by atoms with E-state index in [1.165, 1.54) is 0 Å². The number of nitrogens with one attached hydrogen (secondary N) is 1. The molecule has 102 valence electrons. The van der Waals surface area contributed by atoms with Crippen LogP contribution in [0.2, 0.25) is 0 Å². The number of esters is 1. The number of rotatable bonds is 7. The molecule has 1 aromatic rings. The van der Waals surface area contributed by atoms with Crippen LogP contribution < -0.4 is 5.32 Å². The summed E-state index contributed by atoms with van der Waals surface area (Å²) in [4.78, 5) is 23.5. The lowest BCUT2D eigenvalue weighted by molar-refractivity contribution is -0.147. The highest BCUT2D eigenvalue weighted by molar-refractivity contribution is 5.85. The zero-order valence-electron chi connectivity index (χ0n) is 11.1. The van der Waals surface area contributed by atoms with E-state index in [1.54, 1.807) is 13.0 Å². The summed E-state index contributed by atoms with van der Waals surface area (Å²) in [7, 11) is 0. The van der Waals surface area contributed by atoms with Gasteiger partial charge in [-0.25, -0.2) is 4.79 Å². The lowest BCUT2D eigenvalue weighted by atomic mass is 10.1. The van der Waals surface area contributed by atoms with Gasteiger partial charge in [-0.1, -0.05) is 36.4 Å². The predicted octanol–water partition coefficient (Wildman–Crippen LogP) is 1.85. The average molecular weight is 261 g/mol. The summed E-state index contributed by atoms with van der Waals surface area (Å²) in [5, 5.41) is 2.67. The average Bonchev–Trinajstić information content (AvgIpc) is 2.39. The maximum Gasteiger partial charge on any atom is 0.328 e. The van der Waals surface area contributed by atoms with E-state index in [0.717, 1.165) is 5.56 Å². The molecule has 0 heterocycles. The molecule has 1 aromatic carbocycles. The normalized spacial score (nSPS) is 11.4. The molecule has 0 aliphatic rings. The number of carbonyl (C=O) groups excluding carboxylic acids is 2. The largest absolute Gasteiger partial charge is 0.464 e. The smallest absolute Gasteiger partial charge is 0.328 e. The molecule has 4 heteroatoms. The molecule has 0 saturated carbocycles. The van der Waals surface area contributed by atoms with Crippen molar-refractivity contribution in [2.45, 2.75) is 25.8 Å². The highest BCUT2D eigenvalue weighted by Gasteiger charge is 2.20. The van der Waals surface area contributed by atoms with E-state index in [4.69, 9.17) is 4.74 Å². The molecule has 1 N–H and O–H groups in total.